The highest BCUT2D eigenvalue weighted by molar-refractivity contribution is 14.1. The predicted molar refractivity (Wildman–Crippen MR) is 66.9 cm³/mol. The second-order valence-electron chi connectivity index (χ2n) is 2.98. The van der Waals surface area contributed by atoms with Crippen LogP contribution in [0.5, 0.6) is 0 Å². The van der Waals surface area contributed by atoms with Crippen LogP contribution in [0.25, 0.3) is 0 Å². The molecule has 0 aliphatic rings. The third kappa shape index (κ3) is 3.60. The summed E-state index contributed by atoms with van der Waals surface area (Å²) in [5, 5.41) is 0. The van der Waals surface area contributed by atoms with Crippen LogP contribution in [0, 0.1) is 0 Å². The minimum absolute atomic E-state index is 0.164. The fourth-order valence-corrected chi connectivity index (χ4v) is 1.43. The van der Waals surface area contributed by atoms with Gasteiger partial charge < -0.3 is 14.0 Å². The number of carbonyl (C=O) groups excluding carboxylic acids is 1. The molecule has 0 N–H and O–H groups in total. The Kier molecular flexibility index (Phi) is 5.47. The number of carbonyl (C=O) groups is 1. The molecular formula is C10H12INO4. The molecule has 1 aromatic heterocycles. The molecule has 0 bridgehead atoms. The van der Waals surface area contributed by atoms with Crippen molar-refractivity contribution in [2.24, 2.45) is 0 Å². The van der Waals surface area contributed by atoms with Crippen molar-refractivity contribution in [3.63, 3.8) is 0 Å². The zero-order chi connectivity index (χ0) is 12.0. The van der Waals surface area contributed by atoms with Crippen molar-refractivity contribution in [2.75, 3.05) is 18.3 Å². The maximum atomic E-state index is 11.4. The molecule has 0 spiro atoms. The first-order valence-corrected chi connectivity index (χ1v) is 6.14. The number of hydrogen-bond donors (Lipinski definition) is 0. The number of halogens is 1. The first-order chi connectivity index (χ1) is 7.69. The summed E-state index contributed by atoms with van der Waals surface area (Å²) in [7, 11) is 1.55. The molecule has 0 aliphatic heterocycles. The van der Waals surface area contributed by atoms with Gasteiger partial charge in [0, 0.05) is 25.9 Å². The van der Waals surface area contributed by atoms with Gasteiger partial charge in [-0.2, -0.15) is 0 Å². The summed E-state index contributed by atoms with van der Waals surface area (Å²) in [4.78, 5) is 22.8. The van der Waals surface area contributed by atoms with E-state index in [4.69, 9.17) is 9.47 Å². The van der Waals surface area contributed by atoms with E-state index in [0.717, 1.165) is 0 Å². The monoisotopic (exact) mass is 337 g/mol. The maximum absolute atomic E-state index is 11.4. The van der Waals surface area contributed by atoms with Gasteiger partial charge >= 0.3 is 5.97 Å². The van der Waals surface area contributed by atoms with E-state index < -0.39 is 5.97 Å². The van der Waals surface area contributed by atoms with E-state index in [1.807, 2.05) is 22.6 Å². The smallest absolute Gasteiger partial charge is 0.340 e. The van der Waals surface area contributed by atoms with E-state index in [1.54, 1.807) is 7.11 Å². The molecule has 0 saturated carbocycles. The van der Waals surface area contributed by atoms with E-state index in [-0.39, 0.29) is 10.2 Å². The fraction of sp³-hybridized carbons (Fsp3) is 0.400. The molecule has 0 fully saturated rings. The van der Waals surface area contributed by atoms with Crippen molar-refractivity contribution in [3.05, 3.63) is 34.2 Å². The Labute approximate surface area is 106 Å². The topological polar surface area (TPSA) is 57.5 Å². The molecule has 0 aromatic carbocycles. The Bertz CT molecular complexity index is 416. The Morgan fingerprint density at radius 2 is 2.25 bits per heavy atom. The molecule has 0 saturated heterocycles. The lowest BCUT2D eigenvalue weighted by Crippen LogP contribution is -2.22. The van der Waals surface area contributed by atoms with E-state index in [0.29, 0.717) is 18.7 Å². The number of alkyl halides is 1. The van der Waals surface area contributed by atoms with E-state index in [1.165, 1.54) is 22.9 Å². The summed E-state index contributed by atoms with van der Waals surface area (Å²) in [6.07, 6.45) is 1.48. The molecule has 6 heteroatoms. The Morgan fingerprint density at radius 1 is 1.50 bits per heavy atom. The van der Waals surface area contributed by atoms with Crippen LogP contribution in [-0.2, 0) is 16.0 Å². The highest BCUT2D eigenvalue weighted by Gasteiger charge is 2.08. The maximum Gasteiger partial charge on any atom is 0.340 e. The number of esters is 1. The third-order valence-electron chi connectivity index (χ3n) is 1.94. The third-order valence-corrected chi connectivity index (χ3v) is 2.25. The fourth-order valence-electron chi connectivity index (χ4n) is 1.15. The molecule has 5 nitrogen and oxygen atoms in total. The van der Waals surface area contributed by atoms with E-state index in [2.05, 4.69) is 0 Å². The number of hydrogen-bond acceptors (Lipinski definition) is 4. The molecule has 0 atom stereocenters. The van der Waals surface area contributed by atoms with E-state index >= 15 is 0 Å². The van der Waals surface area contributed by atoms with Crippen LogP contribution >= 0.6 is 22.6 Å². The summed E-state index contributed by atoms with van der Waals surface area (Å²) in [5.74, 6) is -0.430. The van der Waals surface area contributed by atoms with Gasteiger partial charge in [0.1, 0.15) is 4.61 Å². The number of nitrogens with zero attached hydrogens (tertiary/aromatic N) is 1. The van der Waals surface area contributed by atoms with Gasteiger partial charge in [-0.15, -0.1) is 0 Å². The second-order valence-corrected chi connectivity index (χ2v) is 3.61. The molecule has 16 heavy (non-hydrogen) atoms. The van der Waals surface area contributed by atoms with Crippen LogP contribution in [0.4, 0.5) is 0 Å². The van der Waals surface area contributed by atoms with Gasteiger partial charge in [0.25, 0.3) is 5.56 Å². The molecule has 0 radical (unpaired) electrons. The van der Waals surface area contributed by atoms with Gasteiger partial charge in [0.05, 0.1) is 12.2 Å². The lowest BCUT2D eigenvalue weighted by Gasteiger charge is -2.06. The summed E-state index contributed by atoms with van der Waals surface area (Å²) in [6.45, 7) is 0.839. The molecule has 0 unspecified atom stereocenters. The summed E-state index contributed by atoms with van der Waals surface area (Å²) in [5.41, 5.74) is 0.204. The van der Waals surface area contributed by atoms with Crippen molar-refractivity contribution >= 4 is 28.6 Å². The zero-order valence-electron chi connectivity index (χ0n) is 8.81. The average molecular weight is 337 g/mol. The van der Waals surface area contributed by atoms with Crippen LogP contribution in [-0.4, -0.2) is 28.9 Å². The Hall–Kier alpha value is -0.890. The van der Waals surface area contributed by atoms with Crippen molar-refractivity contribution < 1.29 is 14.3 Å². The van der Waals surface area contributed by atoms with Crippen molar-refractivity contribution in [1.29, 1.82) is 0 Å². The minimum Gasteiger partial charge on any atom is -0.451 e. The Balaban J connectivity index is 2.88. The van der Waals surface area contributed by atoms with Crippen molar-refractivity contribution in [2.45, 2.75) is 6.54 Å². The molecule has 1 rings (SSSR count). The van der Waals surface area contributed by atoms with Gasteiger partial charge in [0.2, 0.25) is 0 Å². The number of aromatic nitrogens is 1. The summed E-state index contributed by atoms with van der Waals surface area (Å²) in [6, 6.07) is 2.81. The number of ether oxygens (including phenoxy) is 2. The highest BCUT2D eigenvalue weighted by Crippen LogP contribution is 2.00. The number of rotatable bonds is 5. The minimum atomic E-state index is -0.430. The molecule has 0 amide bonds. The normalized spacial score (nSPS) is 10.1. The van der Waals surface area contributed by atoms with Gasteiger partial charge in [0.15, 0.2) is 0 Å². The van der Waals surface area contributed by atoms with Gasteiger partial charge in [-0.3, -0.25) is 4.79 Å². The molecule has 88 valence electrons. The van der Waals surface area contributed by atoms with Crippen molar-refractivity contribution in [1.82, 2.24) is 4.57 Å². The molecular weight excluding hydrogens is 325 g/mol. The van der Waals surface area contributed by atoms with Crippen LogP contribution < -0.4 is 5.56 Å². The zero-order valence-corrected chi connectivity index (χ0v) is 11.0. The highest BCUT2D eigenvalue weighted by atomic mass is 127. The van der Waals surface area contributed by atoms with Gasteiger partial charge in [-0.25, -0.2) is 4.79 Å². The standard InChI is InChI=1S/C10H12INO4/c1-15-5-4-12-6-8(2-3-9(12)13)10(14)16-7-11/h2-3,6H,4-5,7H2,1H3. The summed E-state index contributed by atoms with van der Waals surface area (Å²) >= 11 is 1.94. The Morgan fingerprint density at radius 3 is 2.88 bits per heavy atom. The first kappa shape index (κ1) is 13.2. The van der Waals surface area contributed by atoms with E-state index in [9.17, 15) is 9.59 Å². The molecule has 0 aliphatic carbocycles. The molecule has 1 heterocycles. The first-order valence-electron chi connectivity index (χ1n) is 4.61. The van der Waals surface area contributed by atoms with Gasteiger partial charge in [-0.05, 0) is 28.7 Å². The largest absolute Gasteiger partial charge is 0.451 e. The van der Waals surface area contributed by atoms with Gasteiger partial charge in [-0.1, -0.05) is 0 Å². The predicted octanol–water partition coefficient (Wildman–Crippen LogP) is 1.04. The van der Waals surface area contributed by atoms with Crippen molar-refractivity contribution in [3.8, 4) is 0 Å². The second kappa shape index (κ2) is 6.64. The molecule has 1 aromatic rings. The lowest BCUT2D eigenvalue weighted by atomic mass is 10.3. The lowest BCUT2D eigenvalue weighted by molar-refractivity contribution is 0.0589. The SMILES string of the molecule is COCCn1cc(C(=O)OCI)ccc1=O. The average Bonchev–Trinajstić information content (AvgIpc) is 2.28. The quantitative estimate of drug-likeness (QED) is 0.458. The van der Waals surface area contributed by atoms with Crippen LogP contribution in [0.1, 0.15) is 10.4 Å². The van der Waals surface area contributed by atoms with Crippen LogP contribution in [0.2, 0.25) is 0 Å². The summed E-state index contributed by atoms with van der Waals surface area (Å²) < 4.78 is 11.4. The number of methoxy groups -OCH3 is 1. The number of pyridine rings is 1. The van der Waals surface area contributed by atoms with Crippen LogP contribution in [0.3, 0.4) is 0 Å². The van der Waals surface area contributed by atoms with Crippen LogP contribution in [0.15, 0.2) is 23.1 Å².